The van der Waals surface area contributed by atoms with E-state index in [1.807, 2.05) is 12.3 Å². The van der Waals surface area contributed by atoms with Gasteiger partial charge in [-0.15, -0.1) is 0 Å². The monoisotopic (exact) mass is 307 g/mol. The third-order valence-corrected chi connectivity index (χ3v) is 2.68. The lowest BCUT2D eigenvalue weighted by molar-refractivity contribution is -0.141. The van der Waals surface area contributed by atoms with Gasteiger partial charge in [0.2, 0.25) is 5.90 Å². The average molecular weight is 307 g/mol. The van der Waals surface area contributed by atoms with Crippen LogP contribution in [-0.4, -0.2) is 43.1 Å². The first-order valence-electron chi connectivity index (χ1n) is 7.42. The van der Waals surface area contributed by atoms with Crippen molar-refractivity contribution in [1.29, 1.82) is 10.7 Å². The Morgan fingerprint density at radius 1 is 1.32 bits per heavy atom. The average Bonchev–Trinajstić information content (AvgIpc) is 2.49. The van der Waals surface area contributed by atoms with Gasteiger partial charge in [0, 0.05) is 26.4 Å². The van der Waals surface area contributed by atoms with Gasteiger partial charge in [-0.3, -0.25) is 10.2 Å². The molecule has 6 nitrogen and oxygen atoms in total. The quantitative estimate of drug-likeness (QED) is 0.167. The minimum atomic E-state index is -0.342. The molecule has 0 aliphatic carbocycles. The molecule has 22 heavy (non-hydrogen) atoms. The van der Waals surface area contributed by atoms with Gasteiger partial charge < -0.3 is 14.4 Å². The fraction of sp³-hybridized carbons (Fsp3) is 0.562. The fourth-order valence-electron chi connectivity index (χ4n) is 1.58. The van der Waals surface area contributed by atoms with Crippen LogP contribution in [0.2, 0.25) is 0 Å². The highest BCUT2D eigenvalue weighted by molar-refractivity contribution is 5.95. The van der Waals surface area contributed by atoms with E-state index in [2.05, 4.69) is 18.7 Å². The van der Waals surface area contributed by atoms with Gasteiger partial charge in [-0.25, -0.2) is 0 Å². The summed E-state index contributed by atoms with van der Waals surface area (Å²) in [7, 11) is 0. The second-order valence-electron chi connectivity index (χ2n) is 4.53. The minimum absolute atomic E-state index is 0.163. The number of carbonyl (C=O) groups is 1. The van der Waals surface area contributed by atoms with E-state index in [0.29, 0.717) is 6.42 Å². The van der Waals surface area contributed by atoms with Crippen LogP contribution in [0.15, 0.2) is 23.9 Å². The number of esters is 1. The van der Waals surface area contributed by atoms with Crippen LogP contribution < -0.4 is 0 Å². The van der Waals surface area contributed by atoms with Crippen LogP contribution in [0.25, 0.3) is 0 Å². The Bertz CT molecular complexity index is 450. The molecule has 0 bridgehead atoms. The molecule has 0 aromatic heterocycles. The molecular formula is C16H25N3O3. The molecule has 1 N–H and O–H groups in total. The Morgan fingerprint density at radius 3 is 2.55 bits per heavy atom. The number of hydrogen-bond acceptors (Lipinski definition) is 6. The maximum absolute atomic E-state index is 10.6. The van der Waals surface area contributed by atoms with E-state index in [1.54, 1.807) is 12.2 Å². The van der Waals surface area contributed by atoms with E-state index in [9.17, 15) is 4.79 Å². The zero-order valence-corrected chi connectivity index (χ0v) is 13.6. The van der Waals surface area contributed by atoms with Gasteiger partial charge in [0.05, 0.1) is 13.2 Å². The first-order valence-corrected chi connectivity index (χ1v) is 7.42. The molecule has 0 aromatic carbocycles. The smallest absolute Gasteiger partial charge is 0.302 e. The SMILES string of the molecule is CCCN(C=CC=C(C#N)C(=N)OCCCOC(C)=O)CC. The van der Waals surface area contributed by atoms with E-state index in [4.69, 9.17) is 20.1 Å². The lowest BCUT2D eigenvalue weighted by atomic mass is 10.2. The van der Waals surface area contributed by atoms with E-state index < -0.39 is 0 Å². The van der Waals surface area contributed by atoms with Crippen molar-refractivity contribution in [2.45, 2.75) is 33.6 Å². The summed E-state index contributed by atoms with van der Waals surface area (Å²) < 4.78 is 9.91. The molecule has 0 saturated carbocycles. The molecule has 0 aromatic rings. The van der Waals surface area contributed by atoms with Crippen LogP contribution in [0, 0.1) is 16.7 Å². The summed E-state index contributed by atoms with van der Waals surface area (Å²) in [5.74, 6) is -0.515. The lowest BCUT2D eigenvalue weighted by Gasteiger charge is -2.16. The Labute approximate surface area is 132 Å². The Kier molecular flexibility index (Phi) is 11.2. The van der Waals surface area contributed by atoms with Gasteiger partial charge in [0.15, 0.2) is 0 Å². The number of ether oxygens (including phenoxy) is 2. The van der Waals surface area contributed by atoms with Gasteiger partial charge in [-0.2, -0.15) is 5.26 Å². The molecule has 0 spiro atoms. The van der Waals surface area contributed by atoms with Crippen molar-refractivity contribution < 1.29 is 14.3 Å². The van der Waals surface area contributed by atoms with Crippen LogP contribution in [-0.2, 0) is 14.3 Å². The van der Waals surface area contributed by atoms with Crippen molar-refractivity contribution in [2.75, 3.05) is 26.3 Å². The van der Waals surface area contributed by atoms with Crippen molar-refractivity contribution in [1.82, 2.24) is 4.90 Å². The lowest BCUT2D eigenvalue weighted by Crippen LogP contribution is -2.16. The zero-order valence-electron chi connectivity index (χ0n) is 13.6. The second kappa shape index (κ2) is 12.5. The first-order chi connectivity index (χ1) is 10.5. The summed E-state index contributed by atoms with van der Waals surface area (Å²) in [5, 5.41) is 16.8. The van der Waals surface area contributed by atoms with Crippen LogP contribution >= 0.6 is 0 Å². The first kappa shape index (κ1) is 19.7. The standard InChI is InChI=1S/C16H25N3O3/c1-4-9-19(5-2)10-6-8-15(13-17)16(18)22-12-7-11-21-14(3)20/h6,8,10,18H,4-5,7,9,11-12H2,1-3H3. The van der Waals surface area contributed by atoms with Gasteiger partial charge >= 0.3 is 5.97 Å². The van der Waals surface area contributed by atoms with Gasteiger partial charge in [0.25, 0.3) is 0 Å². The number of nitrogens with one attached hydrogen (secondary N) is 1. The summed E-state index contributed by atoms with van der Waals surface area (Å²) in [4.78, 5) is 12.7. The van der Waals surface area contributed by atoms with E-state index >= 15 is 0 Å². The Balaban J connectivity index is 4.29. The molecule has 0 amide bonds. The molecule has 0 aliphatic heterocycles. The molecule has 122 valence electrons. The van der Waals surface area contributed by atoms with Crippen molar-refractivity contribution in [2.24, 2.45) is 0 Å². The van der Waals surface area contributed by atoms with Gasteiger partial charge in [-0.05, 0) is 31.7 Å². The summed E-state index contributed by atoms with van der Waals surface area (Å²) in [5.41, 5.74) is 0.163. The number of carbonyl (C=O) groups excluding carboxylic acids is 1. The summed E-state index contributed by atoms with van der Waals surface area (Å²) in [6.45, 7) is 7.82. The van der Waals surface area contributed by atoms with E-state index in [0.717, 1.165) is 19.5 Å². The predicted octanol–water partition coefficient (Wildman–Crippen LogP) is 2.63. The topological polar surface area (TPSA) is 86.4 Å². The van der Waals surface area contributed by atoms with Crippen molar-refractivity contribution in [3.8, 4) is 6.07 Å². The Morgan fingerprint density at radius 2 is 2.00 bits per heavy atom. The molecule has 0 aliphatic rings. The van der Waals surface area contributed by atoms with Crippen LogP contribution in [0.3, 0.4) is 0 Å². The molecule has 0 atom stereocenters. The summed E-state index contributed by atoms with van der Waals surface area (Å²) in [6.07, 6.45) is 6.74. The van der Waals surface area contributed by atoms with Crippen molar-refractivity contribution in [3.63, 3.8) is 0 Å². The second-order valence-corrected chi connectivity index (χ2v) is 4.53. The van der Waals surface area contributed by atoms with Crippen LogP contribution in [0.1, 0.15) is 33.6 Å². The van der Waals surface area contributed by atoms with Crippen LogP contribution in [0.4, 0.5) is 0 Å². The molecular weight excluding hydrogens is 282 g/mol. The number of nitriles is 1. The number of allylic oxidation sites excluding steroid dienone is 2. The highest BCUT2D eigenvalue weighted by Crippen LogP contribution is 2.00. The number of rotatable bonds is 10. The van der Waals surface area contributed by atoms with E-state index in [1.165, 1.54) is 6.92 Å². The molecule has 0 rings (SSSR count). The predicted molar refractivity (Wildman–Crippen MR) is 85.3 cm³/mol. The molecule has 0 unspecified atom stereocenters. The summed E-state index contributed by atoms with van der Waals surface area (Å²) >= 11 is 0. The molecule has 0 fully saturated rings. The normalized spacial score (nSPS) is 11.1. The number of nitrogens with zero attached hydrogens (tertiary/aromatic N) is 2. The van der Waals surface area contributed by atoms with Gasteiger partial charge in [-0.1, -0.05) is 6.92 Å². The third-order valence-electron chi connectivity index (χ3n) is 2.68. The third kappa shape index (κ3) is 9.59. The Hall–Kier alpha value is -2.29. The molecule has 0 saturated heterocycles. The van der Waals surface area contributed by atoms with Crippen LogP contribution in [0.5, 0.6) is 0 Å². The molecule has 0 heterocycles. The molecule has 6 heteroatoms. The minimum Gasteiger partial charge on any atom is -0.477 e. The van der Waals surface area contributed by atoms with Crippen molar-refractivity contribution in [3.05, 3.63) is 23.9 Å². The maximum atomic E-state index is 10.6. The summed E-state index contributed by atoms with van der Waals surface area (Å²) in [6, 6.07) is 1.94. The highest BCUT2D eigenvalue weighted by atomic mass is 16.5. The maximum Gasteiger partial charge on any atom is 0.302 e. The fourth-order valence-corrected chi connectivity index (χ4v) is 1.58. The van der Waals surface area contributed by atoms with Crippen molar-refractivity contribution >= 4 is 11.9 Å². The highest BCUT2D eigenvalue weighted by Gasteiger charge is 2.05. The molecule has 0 radical (unpaired) electrons. The zero-order chi connectivity index (χ0) is 16.8. The van der Waals surface area contributed by atoms with Gasteiger partial charge in [0.1, 0.15) is 11.6 Å². The van der Waals surface area contributed by atoms with E-state index in [-0.39, 0.29) is 30.7 Å². The largest absolute Gasteiger partial charge is 0.477 e. The number of hydrogen-bond donors (Lipinski definition) is 1.